The van der Waals surface area contributed by atoms with Crippen LogP contribution >= 0.6 is 0 Å². The lowest BCUT2D eigenvalue weighted by molar-refractivity contribution is -0.152. The molecule has 1 fully saturated rings. The van der Waals surface area contributed by atoms with E-state index < -0.39 is 33.7 Å². The number of carbonyl (C=O) groups excluding carboxylic acids is 1. The number of hydrogen-bond donors (Lipinski definition) is 0. The highest BCUT2D eigenvalue weighted by Gasteiger charge is 2.33. The van der Waals surface area contributed by atoms with Crippen molar-refractivity contribution in [1.82, 2.24) is 19.4 Å². The summed E-state index contributed by atoms with van der Waals surface area (Å²) in [4.78, 5) is 20.4. The van der Waals surface area contributed by atoms with Gasteiger partial charge in [0.1, 0.15) is 4.90 Å². The molecule has 0 unspecified atom stereocenters. The van der Waals surface area contributed by atoms with Crippen molar-refractivity contribution in [3.05, 3.63) is 60.2 Å². The molecule has 0 aliphatic carbocycles. The number of aromatic nitrogens is 3. The molecule has 9 nitrogen and oxygen atoms in total. The van der Waals surface area contributed by atoms with E-state index in [-0.39, 0.29) is 36.3 Å². The van der Waals surface area contributed by atoms with Gasteiger partial charge in [-0.05, 0) is 37.1 Å². The van der Waals surface area contributed by atoms with Gasteiger partial charge in [0.05, 0.1) is 11.5 Å². The minimum Gasteiger partial charge on any atom is -0.455 e. The van der Waals surface area contributed by atoms with E-state index in [0.29, 0.717) is 18.4 Å². The molecular weight excluding hydrogens is 477 g/mol. The quantitative estimate of drug-likeness (QED) is 0.478. The maximum Gasteiger partial charge on any atom is 0.416 e. The molecule has 3 heterocycles. The molecule has 0 bridgehead atoms. The van der Waals surface area contributed by atoms with Crippen molar-refractivity contribution in [3.63, 3.8) is 0 Å². The first-order valence-corrected chi connectivity index (χ1v) is 11.7. The second-order valence-electron chi connectivity index (χ2n) is 7.56. The van der Waals surface area contributed by atoms with Crippen LogP contribution in [-0.2, 0) is 32.3 Å². The largest absolute Gasteiger partial charge is 0.455 e. The van der Waals surface area contributed by atoms with Crippen LogP contribution in [0.4, 0.5) is 13.2 Å². The molecule has 4 rings (SSSR count). The second kappa shape index (κ2) is 9.50. The van der Waals surface area contributed by atoms with E-state index >= 15 is 0 Å². The topological polar surface area (TPSA) is 115 Å². The number of nitrogens with zero attached hydrogens (tertiary/aromatic N) is 4. The molecule has 13 heteroatoms. The van der Waals surface area contributed by atoms with Crippen LogP contribution in [0.25, 0.3) is 11.4 Å². The van der Waals surface area contributed by atoms with E-state index in [0.717, 1.165) is 12.1 Å². The summed E-state index contributed by atoms with van der Waals surface area (Å²) in [6.07, 6.45) is -1.11. The number of ether oxygens (including phenoxy) is 1. The van der Waals surface area contributed by atoms with Crippen LogP contribution in [-0.4, -0.2) is 46.9 Å². The van der Waals surface area contributed by atoms with Gasteiger partial charge in [-0.2, -0.15) is 22.5 Å². The molecule has 2 aromatic heterocycles. The first-order chi connectivity index (χ1) is 16.1. The van der Waals surface area contributed by atoms with Gasteiger partial charge in [0.25, 0.3) is 5.89 Å². The van der Waals surface area contributed by atoms with E-state index in [9.17, 15) is 26.4 Å². The summed E-state index contributed by atoms with van der Waals surface area (Å²) in [5.41, 5.74) is -0.482. The summed E-state index contributed by atoms with van der Waals surface area (Å²) < 4.78 is 74.9. The molecular formula is C21H19F3N4O5S. The number of alkyl halides is 3. The number of pyridine rings is 1. The van der Waals surface area contributed by atoms with E-state index in [1.165, 1.54) is 41.0 Å². The van der Waals surface area contributed by atoms with Gasteiger partial charge in [-0.25, -0.2) is 8.42 Å². The standard InChI is InChI=1S/C21H19F3N4O5S/c22-21(23,24)16-5-3-14(4-6-16)19-26-18(33-27-19)13-32-20(29)15-7-10-28(11-8-15)34(30,31)17-2-1-9-25-12-17/h1-6,9,12,15H,7-8,10-11,13H2. The van der Waals surface area contributed by atoms with Gasteiger partial charge >= 0.3 is 12.1 Å². The van der Waals surface area contributed by atoms with Gasteiger partial charge < -0.3 is 9.26 Å². The zero-order chi connectivity index (χ0) is 24.3. The summed E-state index contributed by atoms with van der Waals surface area (Å²) in [7, 11) is -3.68. The predicted octanol–water partition coefficient (Wildman–Crippen LogP) is 3.29. The third-order valence-electron chi connectivity index (χ3n) is 5.34. The van der Waals surface area contributed by atoms with Crippen LogP contribution in [0.2, 0.25) is 0 Å². The second-order valence-corrected chi connectivity index (χ2v) is 9.50. The predicted molar refractivity (Wildman–Crippen MR) is 110 cm³/mol. The number of carbonyl (C=O) groups is 1. The molecule has 3 aromatic rings. The number of piperidine rings is 1. The SMILES string of the molecule is O=C(OCc1nc(-c2ccc(C(F)(F)F)cc2)no1)C1CCN(S(=O)(=O)c2cccnc2)CC1. The summed E-state index contributed by atoms with van der Waals surface area (Å²) in [6.45, 7) is 0.0197. The average molecular weight is 496 g/mol. The first-order valence-electron chi connectivity index (χ1n) is 10.2. The van der Waals surface area contributed by atoms with Crippen molar-refractivity contribution in [2.45, 2.75) is 30.5 Å². The van der Waals surface area contributed by atoms with Crippen LogP contribution in [0, 0.1) is 5.92 Å². The van der Waals surface area contributed by atoms with Crippen molar-refractivity contribution < 1.29 is 35.6 Å². The fourth-order valence-corrected chi connectivity index (χ4v) is 4.90. The summed E-state index contributed by atoms with van der Waals surface area (Å²) in [5.74, 6) is -0.959. The molecule has 1 aliphatic heterocycles. The minimum atomic E-state index is -4.45. The van der Waals surface area contributed by atoms with Gasteiger partial charge in [0, 0.05) is 31.0 Å². The van der Waals surface area contributed by atoms with Gasteiger partial charge in [0.2, 0.25) is 15.8 Å². The molecule has 1 saturated heterocycles. The zero-order valence-electron chi connectivity index (χ0n) is 17.6. The highest BCUT2D eigenvalue weighted by Crippen LogP contribution is 2.30. The fourth-order valence-electron chi connectivity index (χ4n) is 3.47. The average Bonchev–Trinajstić information content (AvgIpc) is 3.32. The monoisotopic (exact) mass is 496 g/mol. The molecule has 1 aromatic carbocycles. The molecule has 0 atom stereocenters. The Morgan fingerprint density at radius 3 is 2.47 bits per heavy atom. The summed E-state index contributed by atoms with van der Waals surface area (Å²) in [6, 6.07) is 7.26. The van der Waals surface area contributed by atoms with E-state index in [1.807, 2.05) is 0 Å². The van der Waals surface area contributed by atoms with Gasteiger partial charge in [-0.3, -0.25) is 9.78 Å². The van der Waals surface area contributed by atoms with Crippen molar-refractivity contribution in [1.29, 1.82) is 0 Å². The number of halogens is 3. The Labute approximate surface area is 192 Å². The van der Waals surface area contributed by atoms with Gasteiger partial charge in [0.15, 0.2) is 6.61 Å². The Balaban J connectivity index is 1.29. The molecule has 34 heavy (non-hydrogen) atoms. The lowest BCUT2D eigenvalue weighted by Gasteiger charge is -2.29. The number of benzene rings is 1. The first kappa shape index (κ1) is 23.8. The normalized spacial score (nSPS) is 15.9. The fraction of sp³-hybridized carbons (Fsp3) is 0.333. The van der Waals surface area contributed by atoms with E-state index in [2.05, 4.69) is 15.1 Å². The van der Waals surface area contributed by atoms with Crippen LogP contribution in [0.3, 0.4) is 0 Å². The van der Waals surface area contributed by atoms with Crippen molar-refractivity contribution >= 4 is 16.0 Å². The van der Waals surface area contributed by atoms with E-state index in [1.54, 1.807) is 0 Å². The third kappa shape index (κ3) is 5.25. The zero-order valence-corrected chi connectivity index (χ0v) is 18.4. The molecule has 0 amide bonds. The van der Waals surface area contributed by atoms with Crippen molar-refractivity contribution in [3.8, 4) is 11.4 Å². The van der Waals surface area contributed by atoms with Crippen LogP contribution in [0.15, 0.2) is 58.2 Å². The minimum absolute atomic E-state index is 0.0140. The Morgan fingerprint density at radius 2 is 1.85 bits per heavy atom. The Kier molecular flexibility index (Phi) is 6.66. The van der Waals surface area contributed by atoms with Crippen LogP contribution in [0.5, 0.6) is 0 Å². The number of hydrogen-bond acceptors (Lipinski definition) is 8. The maximum absolute atomic E-state index is 12.7. The molecule has 0 spiro atoms. The highest BCUT2D eigenvalue weighted by atomic mass is 32.2. The number of rotatable bonds is 6. The number of sulfonamides is 1. The molecule has 0 N–H and O–H groups in total. The highest BCUT2D eigenvalue weighted by molar-refractivity contribution is 7.89. The van der Waals surface area contributed by atoms with Crippen LogP contribution in [0.1, 0.15) is 24.3 Å². The van der Waals surface area contributed by atoms with Crippen LogP contribution < -0.4 is 0 Å². The lowest BCUT2D eigenvalue weighted by Crippen LogP contribution is -2.40. The maximum atomic E-state index is 12.7. The number of esters is 1. The Bertz CT molecular complexity index is 1240. The molecule has 1 aliphatic rings. The molecule has 0 saturated carbocycles. The van der Waals surface area contributed by atoms with Gasteiger partial charge in [-0.1, -0.05) is 17.3 Å². The lowest BCUT2D eigenvalue weighted by atomic mass is 9.98. The molecule has 0 radical (unpaired) electrons. The van der Waals surface area contributed by atoms with Gasteiger partial charge in [-0.15, -0.1) is 0 Å². The van der Waals surface area contributed by atoms with E-state index in [4.69, 9.17) is 9.26 Å². The molecule has 180 valence electrons. The van der Waals surface area contributed by atoms with Crippen molar-refractivity contribution in [2.75, 3.05) is 13.1 Å². The Hall–Kier alpha value is -3.32. The summed E-state index contributed by atoms with van der Waals surface area (Å²) >= 11 is 0. The third-order valence-corrected chi connectivity index (χ3v) is 7.22. The van der Waals surface area contributed by atoms with Crippen molar-refractivity contribution in [2.24, 2.45) is 5.92 Å². The summed E-state index contributed by atoms with van der Waals surface area (Å²) in [5, 5.41) is 3.70. The smallest absolute Gasteiger partial charge is 0.416 e. The Morgan fingerprint density at radius 1 is 1.15 bits per heavy atom.